The minimum Gasteiger partial charge on any atom is -0.496 e. The Labute approximate surface area is 239 Å². The van der Waals surface area contributed by atoms with Crippen molar-refractivity contribution in [3.63, 3.8) is 0 Å². The highest BCUT2D eigenvalue weighted by molar-refractivity contribution is 6.01. The highest BCUT2D eigenvalue weighted by Crippen LogP contribution is 2.32. The van der Waals surface area contributed by atoms with E-state index in [2.05, 4.69) is 22.2 Å². The van der Waals surface area contributed by atoms with Crippen molar-refractivity contribution in [1.29, 1.82) is 5.26 Å². The van der Waals surface area contributed by atoms with Gasteiger partial charge in [0.15, 0.2) is 6.10 Å². The number of carbonyl (C=O) groups excluding carboxylic acids is 3. The predicted molar refractivity (Wildman–Crippen MR) is 155 cm³/mol. The van der Waals surface area contributed by atoms with Crippen LogP contribution in [0.25, 0.3) is 10.9 Å². The molecular weight excluding hydrogens is 522 g/mol. The summed E-state index contributed by atoms with van der Waals surface area (Å²) in [6.45, 7) is 6.92. The van der Waals surface area contributed by atoms with Crippen molar-refractivity contribution in [2.75, 3.05) is 20.2 Å². The Morgan fingerprint density at radius 1 is 1.37 bits per heavy atom. The number of amides is 3. The number of methoxy groups -OCH3 is 1. The topological polar surface area (TPSA) is 148 Å². The fourth-order valence-corrected chi connectivity index (χ4v) is 5.58. The first-order valence-corrected chi connectivity index (χ1v) is 13.9. The average molecular weight is 560 g/mol. The molecule has 1 aromatic carbocycles. The predicted octanol–water partition coefficient (Wildman–Crippen LogP) is 2.98. The number of fused-ring (bicyclic) bond motifs is 1. The molecule has 2 aliphatic heterocycles. The van der Waals surface area contributed by atoms with E-state index >= 15 is 0 Å². The van der Waals surface area contributed by atoms with E-state index in [0.29, 0.717) is 30.8 Å². The monoisotopic (exact) mass is 559 g/mol. The first-order chi connectivity index (χ1) is 19.8. The quantitative estimate of drug-likeness (QED) is 0.260. The second-order valence-corrected chi connectivity index (χ2v) is 10.5. The Hall–Kier alpha value is -4.36. The molecule has 2 fully saturated rings. The van der Waals surface area contributed by atoms with Crippen molar-refractivity contribution >= 4 is 28.6 Å². The third kappa shape index (κ3) is 6.69. The van der Waals surface area contributed by atoms with Crippen molar-refractivity contribution in [1.82, 2.24) is 20.5 Å². The van der Waals surface area contributed by atoms with Crippen LogP contribution in [0.15, 0.2) is 60.7 Å². The Morgan fingerprint density at radius 3 is 2.88 bits per heavy atom. The zero-order valence-corrected chi connectivity index (χ0v) is 23.4. The number of H-pyrrole nitrogens is 1. The van der Waals surface area contributed by atoms with E-state index in [1.165, 1.54) is 4.90 Å². The van der Waals surface area contributed by atoms with Gasteiger partial charge in [0, 0.05) is 35.8 Å². The highest BCUT2D eigenvalue weighted by atomic mass is 16.5. The Bertz CT molecular complexity index is 1400. The van der Waals surface area contributed by atoms with Crippen LogP contribution >= 0.6 is 0 Å². The number of nitrogens with one attached hydrogen (secondary N) is 3. The molecule has 10 nitrogen and oxygen atoms in total. The van der Waals surface area contributed by atoms with E-state index in [4.69, 9.17) is 4.74 Å². The van der Waals surface area contributed by atoms with Crippen LogP contribution in [0.3, 0.4) is 0 Å². The van der Waals surface area contributed by atoms with Crippen molar-refractivity contribution in [3.8, 4) is 11.8 Å². The summed E-state index contributed by atoms with van der Waals surface area (Å²) in [5, 5.41) is 26.2. The van der Waals surface area contributed by atoms with Crippen LogP contribution in [-0.4, -0.2) is 71.1 Å². The molecule has 2 aliphatic rings. The molecule has 0 radical (unpaired) electrons. The summed E-state index contributed by atoms with van der Waals surface area (Å²) in [5.41, 5.74) is 1.82. The average Bonchev–Trinajstić information content (AvgIpc) is 3.62. The number of rotatable bonds is 10. The molecule has 5 atom stereocenters. The maximum absolute atomic E-state index is 13.9. The third-order valence-corrected chi connectivity index (χ3v) is 7.86. The number of piperidine rings is 1. The second kappa shape index (κ2) is 13.3. The van der Waals surface area contributed by atoms with E-state index in [1.807, 2.05) is 43.4 Å². The summed E-state index contributed by atoms with van der Waals surface area (Å²) < 4.78 is 5.44. The summed E-state index contributed by atoms with van der Waals surface area (Å²) in [4.78, 5) is 44.6. The molecule has 3 amide bonds. The van der Waals surface area contributed by atoms with Gasteiger partial charge in [0.25, 0.3) is 5.91 Å². The van der Waals surface area contributed by atoms with Crippen LogP contribution in [0.5, 0.6) is 5.75 Å². The molecule has 41 heavy (non-hydrogen) atoms. The molecule has 0 bridgehead atoms. The molecule has 0 saturated carbocycles. The number of nitrogens with zero attached hydrogens (tertiary/aromatic N) is 2. The van der Waals surface area contributed by atoms with Gasteiger partial charge in [-0.15, -0.1) is 0 Å². The number of aliphatic hydroxyl groups is 1. The van der Waals surface area contributed by atoms with E-state index in [1.54, 1.807) is 25.3 Å². The minimum atomic E-state index is -1.50. The number of nitriles is 1. The molecule has 2 saturated heterocycles. The number of ether oxygens (including phenoxy) is 1. The summed E-state index contributed by atoms with van der Waals surface area (Å²) >= 11 is 0. The number of hydrogen-bond acceptors (Lipinski definition) is 6. The van der Waals surface area contributed by atoms with Gasteiger partial charge in [0.05, 0.1) is 19.2 Å². The smallest absolute Gasteiger partial charge is 0.271 e. The lowest BCUT2D eigenvalue weighted by molar-refractivity contribution is -0.129. The van der Waals surface area contributed by atoms with Gasteiger partial charge < -0.3 is 30.4 Å². The van der Waals surface area contributed by atoms with E-state index in [0.717, 1.165) is 22.9 Å². The van der Waals surface area contributed by atoms with Gasteiger partial charge in [-0.2, -0.15) is 5.26 Å². The number of benzene rings is 1. The minimum absolute atomic E-state index is 0.122. The van der Waals surface area contributed by atoms with Gasteiger partial charge >= 0.3 is 0 Å². The van der Waals surface area contributed by atoms with Gasteiger partial charge in [-0.25, -0.2) is 0 Å². The number of aromatic amines is 1. The molecule has 216 valence electrons. The van der Waals surface area contributed by atoms with Crippen LogP contribution in [0, 0.1) is 23.2 Å². The SMILES string of the molecule is C=C(/C=C\C=C/C)C1CC(C(=O)NC(CC2CCCNC2=O)C(O)C#N)N(C(=O)c2cc3c(OC)cccc3[nH]2)C1. The lowest BCUT2D eigenvalue weighted by Crippen LogP contribution is -2.53. The normalized spacial score (nSPS) is 22.4. The molecule has 10 heteroatoms. The first kappa shape index (κ1) is 29.6. The number of aliphatic hydroxyl groups excluding tert-OH is 1. The van der Waals surface area contributed by atoms with Crippen molar-refractivity contribution in [2.24, 2.45) is 11.8 Å². The molecule has 0 aliphatic carbocycles. The van der Waals surface area contributed by atoms with Crippen LogP contribution in [0.1, 0.15) is 43.1 Å². The van der Waals surface area contributed by atoms with Crippen molar-refractivity contribution in [3.05, 3.63) is 66.4 Å². The summed E-state index contributed by atoms with van der Waals surface area (Å²) in [5.74, 6) is -0.996. The fourth-order valence-electron chi connectivity index (χ4n) is 5.58. The zero-order valence-electron chi connectivity index (χ0n) is 23.4. The third-order valence-electron chi connectivity index (χ3n) is 7.86. The summed E-state index contributed by atoms with van der Waals surface area (Å²) in [6.07, 6.45) is 7.82. The van der Waals surface area contributed by atoms with Crippen LogP contribution in [0.2, 0.25) is 0 Å². The van der Waals surface area contributed by atoms with E-state index < -0.39 is 30.0 Å². The second-order valence-electron chi connectivity index (χ2n) is 10.5. The molecule has 0 spiro atoms. The molecular formula is C31H37N5O5. The van der Waals surface area contributed by atoms with E-state index in [9.17, 15) is 24.8 Å². The van der Waals surface area contributed by atoms with Gasteiger partial charge in [0.2, 0.25) is 11.8 Å². The molecule has 4 N–H and O–H groups in total. The molecule has 4 rings (SSSR count). The lowest BCUT2D eigenvalue weighted by Gasteiger charge is -2.30. The van der Waals surface area contributed by atoms with E-state index in [-0.39, 0.29) is 30.7 Å². The fraction of sp³-hybridized carbons (Fsp3) is 0.419. The Kier molecular flexibility index (Phi) is 9.63. The summed E-state index contributed by atoms with van der Waals surface area (Å²) in [6, 6.07) is 7.13. The zero-order chi connectivity index (χ0) is 29.5. The largest absolute Gasteiger partial charge is 0.496 e. The number of aromatic nitrogens is 1. The first-order valence-electron chi connectivity index (χ1n) is 13.9. The highest BCUT2D eigenvalue weighted by Gasteiger charge is 2.42. The van der Waals surface area contributed by atoms with Gasteiger partial charge in [-0.3, -0.25) is 14.4 Å². The van der Waals surface area contributed by atoms with Crippen molar-refractivity contribution in [2.45, 2.75) is 50.8 Å². The van der Waals surface area contributed by atoms with Gasteiger partial charge in [0.1, 0.15) is 17.5 Å². The number of carbonyl (C=O) groups is 3. The number of allylic oxidation sites excluding steroid dienone is 4. The summed E-state index contributed by atoms with van der Waals surface area (Å²) in [7, 11) is 1.56. The molecule has 1 aromatic heterocycles. The van der Waals surface area contributed by atoms with Gasteiger partial charge in [-0.05, 0) is 50.8 Å². The maximum Gasteiger partial charge on any atom is 0.271 e. The van der Waals surface area contributed by atoms with Gasteiger partial charge in [-0.1, -0.05) is 42.5 Å². The standard InChI is InChI=1S/C31H37N5O5/c1-4-5-6-9-19(2)21-15-26(30(39)35-24(27(37)17-32)14-20-10-8-13-33-29(20)38)36(18-21)31(40)25-16-22-23(34-25)11-7-12-28(22)41-3/h4-7,9,11-12,16,20-21,24,26-27,34,37H,2,8,10,13-15,18H2,1,3H3,(H,33,38)(H,35,39)/b5-4-,9-6-. The lowest BCUT2D eigenvalue weighted by atomic mass is 9.89. The molecule has 2 aromatic rings. The molecule has 3 heterocycles. The van der Waals surface area contributed by atoms with Crippen LogP contribution < -0.4 is 15.4 Å². The number of likely N-dealkylation sites (tertiary alicyclic amines) is 1. The maximum atomic E-state index is 13.9. The van der Waals surface area contributed by atoms with Crippen LogP contribution in [-0.2, 0) is 9.59 Å². The molecule has 5 unspecified atom stereocenters. The number of hydrogen-bond donors (Lipinski definition) is 4. The van der Waals surface area contributed by atoms with Crippen molar-refractivity contribution < 1.29 is 24.2 Å². The Morgan fingerprint density at radius 2 is 2.17 bits per heavy atom. The van der Waals surface area contributed by atoms with Crippen LogP contribution in [0.4, 0.5) is 0 Å². The Balaban J connectivity index is 1.60.